The lowest BCUT2D eigenvalue weighted by molar-refractivity contribution is 0.467. The van der Waals surface area contributed by atoms with Gasteiger partial charge >= 0.3 is 0 Å². The van der Waals surface area contributed by atoms with Crippen LogP contribution in [0, 0.1) is 5.82 Å². The van der Waals surface area contributed by atoms with Gasteiger partial charge in [0, 0.05) is 16.1 Å². The van der Waals surface area contributed by atoms with Crippen LogP contribution in [0.25, 0.3) is 0 Å². The van der Waals surface area contributed by atoms with Crippen LogP contribution in [0.15, 0.2) is 28.9 Å². The summed E-state index contributed by atoms with van der Waals surface area (Å²) in [4.78, 5) is 0. The molecule has 1 heterocycles. The van der Waals surface area contributed by atoms with E-state index >= 15 is 0 Å². The number of benzene rings is 1. The van der Waals surface area contributed by atoms with Crippen LogP contribution in [-0.4, -0.2) is 9.78 Å². The second-order valence-electron chi connectivity index (χ2n) is 4.68. The van der Waals surface area contributed by atoms with E-state index in [4.69, 9.17) is 17.4 Å². The van der Waals surface area contributed by atoms with Crippen molar-refractivity contribution in [2.75, 3.05) is 0 Å². The highest BCUT2D eigenvalue weighted by Crippen LogP contribution is 2.31. The Kier molecular flexibility index (Phi) is 4.80. The van der Waals surface area contributed by atoms with E-state index in [1.807, 2.05) is 13.8 Å². The molecule has 20 heavy (non-hydrogen) atoms. The fraction of sp³-hybridized carbons (Fsp3) is 0.308. The molecule has 2 rings (SSSR count). The monoisotopic (exact) mass is 360 g/mol. The molecule has 0 saturated carbocycles. The minimum Gasteiger partial charge on any atom is -0.271 e. The van der Waals surface area contributed by atoms with E-state index in [2.05, 4.69) is 26.5 Å². The third kappa shape index (κ3) is 2.88. The molecule has 1 unspecified atom stereocenters. The number of nitrogens with one attached hydrogen (secondary N) is 1. The molecular formula is C13H15BrClFN4. The molecule has 3 N–H and O–H groups in total. The highest BCUT2D eigenvalue weighted by Gasteiger charge is 2.24. The van der Waals surface area contributed by atoms with Gasteiger partial charge in [-0.3, -0.25) is 10.5 Å². The number of nitrogens with two attached hydrogens (primary N) is 1. The van der Waals surface area contributed by atoms with E-state index in [1.165, 1.54) is 12.3 Å². The Morgan fingerprint density at radius 2 is 2.15 bits per heavy atom. The standard InChI is InChI=1S/C13H15BrClFN4/c1-7(2)20-13(10(15)6-18-20)12(19-17)9-4-3-8(14)5-11(9)16/h3-7,12,19H,17H2,1-2H3. The quantitative estimate of drug-likeness (QED) is 0.646. The summed E-state index contributed by atoms with van der Waals surface area (Å²) in [7, 11) is 0. The van der Waals surface area contributed by atoms with Gasteiger partial charge in [0.15, 0.2) is 0 Å². The van der Waals surface area contributed by atoms with Gasteiger partial charge in [-0.1, -0.05) is 33.6 Å². The Balaban J connectivity index is 2.55. The van der Waals surface area contributed by atoms with Gasteiger partial charge in [0.2, 0.25) is 0 Å². The molecular weight excluding hydrogens is 347 g/mol. The van der Waals surface area contributed by atoms with Gasteiger partial charge in [-0.15, -0.1) is 0 Å². The van der Waals surface area contributed by atoms with Crippen LogP contribution in [0.4, 0.5) is 4.39 Å². The van der Waals surface area contributed by atoms with Crippen molar-refractivity contribution in [2.45, 2.75) is 25.9 Å². The molecule has 2 aromatic rings. The first-order chi connectivity index (χ1) is 9.45. The highest BCUT2D eigenvalue weighted by atomic mass is 79.9. The summed E-state index contributed by atoms with van der Waals surface area (Å²) in [6, 6.07) is 4.33. The van der Waals surface area contributed by atoms with Crippen LogP contribution >= 0.6 is 27.5 Å². The van der Waals surface area contributed by atoms with Gasteiger partial charge in [-0.2, -0.15) is 5.10 Å². The Labute approximate surface area is 130 Å². The second kappa shape index (κ2) is 6.22. The zero-order chi connectivity index (χ0) is 14.9. The lowest BCUT2D eigenvalue weighted by atomic mass is 10.0. The normalized spacial score (nSPS) is 12.9. The maximum absolute atomic E-state index is 14.1. The van der Waals surface area contributed by atoms with Gasteiger partial charge in [0.05, 0.1) is 23.0 Å². The zero-order valence-electron chi connectivity index (χ0n) is 11.1. The molecule has 0 bridgehead atoms. The van der Waals surface area contributed by atoms with Crippen molar-refractivity contribution in [2.24, 2.45) is 5.84 Å². The van der Waals surface area contributed by atoms with Crippen LogP contribution in [0.3, 0.4) is 0 Å². The van der Waals surface area contributed by atoms with Crippen molar-refractivity contribution >= 4 is 27.5 Å². The van der Waals surface area contributed by atoms with Crippen LogP contribution in [0.1, 0.15) is 37.2 Å². The summed E-state index contributed by atoms with van der Waals surface area (Å²) in [5.74, 6) is 5.25. The predicted molar refractivity (Wildman–Crippen MR) is 80.9 cm³/mol. The maximum atomic E-state index is 14.1. The number of hydrogen-bond acceptors (Lipinski definition) is 3. The first-order valence-corrected chi connectivity index (χ1v) is 7.26. The number of hydrogen-bond donors (Lipinski definition) is 2. The molecule has 0 spiro atoms. The van der Waals surface area contributed by atoms with E-state index in [0.717, 1.165) is 0 Å². The summed E-state index contributed by atoms with van der Waals surface area (Å²) in [6.07, 6.45) is 1.54. The first kappa shape index (κ1) is 15.4. The molecule has 4 nitrogen and oxygen atoms in total. The van der Waals surface area contributed by atoms with Crippen molar-refractivity contribution in [3.8, 4) is 0 Å². The number of nitrogens with zero attached hydrogens (tertiary/aromatic N) is 2. The second-order valence-corrected chi connectivity index (χ2v) is 6.00. The van der Waals surface area contributed by atoms with Crippen LogP contribution < -0.4 is 11.3 Å². The Morgan fingerprint density at radius 3 is 2.70 bits per heavy atom. The molecule has 1 aromatic carbocycles. The summed E-state index contributed by atoms with van der Waals surface area (Å²) in [5.41, 5.74) is 3.68. The van der Waals surface area contributed by atoms with Crippen LogP contribution in [0.2, 0.25) is 5.02 Å². The smallest absolute Gasteiger partial charge is 0.129 e. The fourth-order valence-electron chi connectivity index (χ4n) is 2.08. The average Bonchev–Trinajstić information content (AvgIpc) is 2.75. The molecule has 7 heteroatoms. The first-order valence-electron chi connectivity index (χ1n) is 6.09. The summed E-state index contributed by atoms with van der Waals surface area (Å²) in [6.45, 7) is 3.94. The third-order valence-electron chi connectivity index (χ3n) is 2.99. The third-order valence-corrected chi connectivity index (χ3v) is 3.77. The molecule has 0 radical (unpaired) electrons. The number of rotatable bonds is 4. The Hall–Kier alpha value is -0.950. The SMILES string of the molecule is CC(C)n1ncc(Cl)c1C(NN)c1ccc(Br)cc1F. The van der Waals surface area contributed by atoms with Crippen molar-refractivity contribution in [1.82, 2.24) is 15.2 Å². The van der Waals surface area contributed by atoms with Crippen molar-refractivity contribution in [3.63, 3.8) is 0 Å². The molecule has 108 valence electrons. The molecule has 0 amide bonds. The summed E-state index contributed by atoms with van der Waals surface area (Å²) >= 11 is 9.42. The molecule has 1 atom stereocenters. The van der Waals surface area contributed by atoms with Crippen LogP contribution in [-0.2, 0) is 0 Å². The van der Waals surface area contributed by atoms with E-state index in [1.54, 1.807) is 16.8 Å². The lowest BCUT2D eigenvalue weighted by Gasteiger charge is -2.21. The van der Waals surface area contributed by atoms with Crippen molar-refractivity contribution in [3.05, 3.63) is 51.0 Å². The topological polar surface area (TPSA) is 55.9 Å². The van der Waals surface area contributed by atoms with Gasteiger partial charge in [0.1, 0.15) is 5.82 Å². The molecule has 0 aliphatic carbocycles. The number of aromatic nitrogens is 2. The summed E-state index contributed by atoms with van der Waals surface area (Å²) < 4.78 is 16.5. The molecule has 0 fully saturated rings. The van der Waals surface area contributed by atoms with E-state index in [-0.39, 0.29) is 11.9 Å². The van der Waals surface area contributed by atoms with E-state index in [9.17, 15) is 4.39 Å². The number of hydrazine groups is 1. The van der Waals surface area contributed by atoms with Crippen molar-refractivity contribution < 1.29 is 4.39 Å². The molecule has 0 aliphatic heterocycles. The van der Waals surface area contributed by atoms with E-state index < -0.39 is 6.04 Å². The number of halogens is 3. The fourth-order valence-corrected chi connectivity index (χ4v) is 2.66. The van der Waals surface area contributed by atoms with Gasteiger partial charge < -0.3 is 0 Å². The van der Waals surface area contributed by atoms with Gasteiger partial charge in [0.25, 0.3) is 0 Å². The summed E-state index contributed by atoms with van der Waals surface area (Å²) in [5, 5.41) is 4.66. The Bertz CT molecular complexity index is 614. The molecule has 0 aliphatic rings. The lowest BCUT2D eigenvalue weighted by Crippen LogP contribution is -2.32. The minimum absolute atomic E-state index is 0.0897. The average molecular weight is 362 g/mol. The highest BCUT2D eigenvalue weighted by molar-refractivity contribution is 9.10. The molecule has 1 aromatic heterocycles. The minimum atomic E-state index is -0.569. The Morgan fingerprint density at radius 1 is 1.45 bits per heavy atom. The maximum Gasteiger partial charge on any atom is 0.129 e. The predicted octanol–water partition coefficient (Wildman–Crippen LogP) is 3.57. The van der Waals surface area contributed by atoms with Gasteiger partial charge in [-0.25, -0.2) is 9.82 Å². The van der Waals surface area contributed by atoms with Crippen LogP contribution in [0.5, 0.6) is 0 Å². The zero-order valence-corrected chi connectivity index (χ0v) is 13.4. The van der Waals surface area contributed by atoms with Gasteiger partial charge in [-0.05, 0) is 26.0 Å². The molecule has 0 saturated heterocycles. The largest absolute Gasteiger partial charge is 0.271 e. The van der Waals surface area contributed by atoms with Crippen molar-refractivity contribution in [1.29, 1.82) is 0 Å². The van der Waals surface area contributed by atoms with E-state index in [0.29, 0.717) is 20.8 Å².